The highest BCUT2D eigenvalue weighted by atomic mass is 79.9. The fraction of sp³-hybridized carbons (Fsp3) is 0.562. The zero-order chi connectivity index (χ0) is 16.4. The average molecular weight is 399 g/mol. The third-order valence-corrected chi connectivity index (χ3v) is 6.95. The van der Waals surface area contributed by atoms with Gasteiger partial charge in [-0.3, -0.25) is 4.79 Å². The van der Waals surface area contributed by atoms with E-state index in [1.807, 2.05) is 11.0 Å². The zero-order valence-electron chi connectivity index (χ0n) is 12.9. The second-order valence-corrected chi connectivity index (χ2v) is 9.44. The number of nitrogens with zero attached hydrogens (tertiary/aromatic N) is 1. The van der Waals surface area contributed by atoms with Crippen LogP contribution in [0.3, 0.4) is 0 Å². The van der Waals surface area contributed by atoms with Crippen LogP contribution in [-0.4, -0.2) is 31.3 Å². The molecule has 1 aromatic rings. The van der Waals surface area contributed by atoms with Crippen LogP contribution in [0.2, 0.25) is 0 Å². The number of nitrogens with one attached hydrogen (secondary N) is 1. The van der Waals surface area contributed by atoms with Crippen LogP contribution in [0.1, 0.15) is 48.5 Å². The topological polar surface area (TPSA) is 66.5 Å². The Morgan fingerprint density at radius 3 is 2.57 bits per heavy atom. The van der Waals surface area contributed by atoms with Crippen LogP contribution in [0.15, 0.2) is 21.5 Å². The number of rotatable bonds is 5. The van der Waals surface area contributed by atoms with Crippen molar-refractivity contribution in [3.63, 3.8) is 0 Å². The molecule has 0 spiro atoms. The maximum absolute atomic E-state index is 12.9. The summed E-state index contributed by atoms with van der Waals surface area (Å²) in [6.45, 7) is 2.56. The van der Waals surface area contributed by atoms with E-state index in [0.29, 0.717) is 22.5 Å². The van der Waals surface area contributed by atoms with Gasteiger partial charge >= 0.3 is 0 Å². The van der Waals surface area contributed by atoms with Gasteiger partial charge in [0.1, 0.15) is 0 Å². The number of halogens is 1. The maximum atomic E-state index is 12.9. The molecule has 1 amide bonds. The number of hydrogen-bond donors (Lipinski definition) is 1. The first-order valence-electron chi connectivity index (χ1n) is 8.02. The largest absolute Gasteiger partial charge is 0.331 e. The van der Waals surface area contributed by atoms with Gasteiger partial charge in [0, 0.05) is 23.1 Å². The highest BCUT2D eigenvalue weighted by Gasteiger charge is 2.41. The molecule has 2 fully saturated rings. The van der Waals surface area contributed by atoms with E-state index in [4.69, 9.17) is 0 Å². The van der Waals surface area contributed by atoms with E-state index in [1.165, 1.54) is 0 Å². The second kappa shape index (κ2) is 5.29. The molecular formula is C16H19BrN2O3S. The third kappa shape index (κ3) is 2.83. The lowest BCUT2D eigenvalue weighted by Crippen LogP contribution is -2.35. The number of benzene rings is 1. The standard InChI is InChI=1S/C16H19BrN2O3S/c1-9(10-2-3-10)19-8-11-6-12(17)7-14(15(11)16(19)20)23(21,22)18-13-4-5-13/h6-7,9-10,13,18H,2-5,8H2,1H3/t9-/m0/s1. The number of fused-ring (bicyclic) bond motifs is 1. The smallest absolute Gasteiger partial charge is 0.256 e. The van der Waals surface area contributed by atoms with E-state index in [0.717, 1.165) is 31.2 Å². The molecule has 124 valence electrons. The molecule has 0 saturated heterocycles. The summed E-state index contributed by atoms with van der Waals surface area (Å²) >= 11 is 3.39. The van der Waals surface area contributed by atoms with Crippen molar-refractivity contribution < 1.29 is 13.2 Å². The number of hydrogen-bond acceptors (Lipinski definition) is 3. The second-order valence-electron chi connectivity index (χ2n) is 6.84. The van der Waals surface area contributed by atoms with Crippen LogP contribution >= 0.6 is 15.9 Å². The van der Waals surface area contributed by atoms with E-state index in [-0.39, 0.29) is 22.9 Å². The van der Waals surface area contributed by atoms with E-state index in [9.17, 15) is 13.2 Å². The lowest BCUT2D eigenvalue weighted by Gasteiger charge is -2.24. The van der Waals surface area contributed by atoms with Crippen LogP contribution < -0.4 is 4.72 Å². The molecule has 7 heteroatoms. The Morgan fingerprint density at radius 1 is 1.26 bits per heavy atom. The molecule has 1 N–H and O–H groups in total. The lowest BCUT2D eigenvalue weighted by atomic mass is 10.1. The number of amides is 1. The Bertz CT molecular complexity index is 785. The van der Waals surface area contributed by atoms with Crippen molar-refractivity contribution in [3.8, 4) is 0 Å². The van der Waals surface area contributed by atoms with Gasteiger partial charge in [0.15, 0.2) is 0 Å². The third-order valence-electron chi connectivity index (χ3n) is 4.95. The molecule has 1 heterocycles. The molecule has 0 bridgehead atoms. The minimum Gasteiger partial charge on any atom is -0.331 e. The predicted octanol–water partition coefficient (Wildman–Crippen LogP) is 2.64. The van der Waals surface area contributed by atoms with Crippen molar-refractivity contribution >= 4 is 31.9 Å². The van der Waals surface area contributed by atoms with E-state index < -0.39 is 10.0 Å². The van der Waals surface area contributed by atoms with Gasteiger partial charge in [-0.1, -0.05) is 15.9 Å². The van der Waals surface area contributed by atoms with Crippen LogP contribution in [-0.2, 0) is 16.6 Å². The molecular weight excluding hydrogens is 380 g/mol. The monoisotopic (exact) mass is 398 g/mol. The normalized spacial score (nSPS) is 22.3. The van der Waals surface area contributed by atoms with E-state index in [2.05, 4.69) is 27.6 Å². The predicted molar refractivity (Wildman–Crippen MR) is 89.5 cm³/mol. The molecule has 0 unspecified atom stereocenters. The SMILES string of the molecule is C[C@@H](C1CC1)N1Cc2cc(Br)cc(S(=O)(=O)NC3CC3)c2C1=O. The van der Waals surface area contributed by atoms with Gasteiger partial charge in [-0.25, -0.2) is 13.1 Å². The zero-order valence-corrected chi connectivity index (χ0v) is 15.3. The highest BCUT2D eigenvalue weighted by molar-refractivity contribution is 9.10. The quantitative estimate of drug-likeness (QED) is 0.828. The lowest BCUT2D eigenvalue weighted by molar-refractivity contribution is 0.0694. The maximum Gasteiger partial charge on any atom is 0.256 e. The molecule has 23 heavy (non-hydrogen) atoms. The van der Waals surface area contributed by atoms with E-state index in [1.54, 1.807) is 6.07 Å². The van der Waals surface area contributed by atoms with Crippen molar-refractivity contribution in [3.05, 3.63) is 27.7 Å². The Labute approximate surface area is 144 Å². The summed E-state index contributed by atoms with van der Waals surface area (Å²) < 4.78 is 28.7. The summed E-state index contributed by atoms with van der Waals surface area (Å²) in [5, 5.41) is 0. The van der Waals surface area contributed by atoms with Crippen LogP contribution in [0.25, 0.3) is 0 Å². The highest BCUT2D eigenvalue weighted by Crippen LogP contribution is 2.40. The summed E-state index contributed by atoms with van der Waals surface area (Å²) in [6.07, 6.45) is 4.04. The summed E-state index contributed by atoms with van der Waals surface area (Å²) in [7, 11) is -3.66. The number of carbonyl (C=O) groups is 1. The summed E-state index contributed by atoms with van der Waals surface area (Å²) in [5.41, 5.74) is 1.15. The molecule has 3 aliphatic rings. The van der Waals surface area contributed by atoms with Crippen molar-refractivity contribution in [2.24, 2.45) is 5.92 Å². The van der Waals surface area contributed by atoms with Gasteiger partial charge in [-0.2, -0.15) is 0 Å². The van der Waals surface area contributed by atoms with Crippen molar-refractivity contribution in [2.45, 2.75) is 56.1 Å². The Hall–Kier alpha value is -0.920. The minimum atomic E-state index is -3.66. The number of sulfonamides is 1. The molecule has 1 atom stereocenters. The molecule has 4 rings (SSSR count). The summed E-state index contributed by atoms with van der Waals surface area (Å²) in [6, 6.07) is 3.60. The van der Waals surface area contributed by atoms with Crippen molar-refractivity contribution in [1.29, 1.82) is 0 Å². The fourth-order valence-electron chi connectivity index (χ4n) is 3.26. The summed E-state index contributed by atoms with van der Waals surface area (Å²) in [4.78, 5) is 14.8. The Balaban J connectivity index is 1.74. The molecule has 0 aromatic heterocycles. The molecule has 1 aromatic carbocycles. The Morgan fingerprint density at radius 2 is 1.96 bits per heavy atom. The first kappa shape index (κ1) is 15.6. The fourth-order valence-corrected chi connectivity index (χ4v) is 5.49. The molecule has 2 aliphatic carbocycles. The molecule has 1 aliphatic heterocycles. The van der Waals surface area contributed by atoms with Gasteiger partial charge in [0.05, 0.1) is 10.5 Å². The first-order valence-corrected chi connectivity index (χ1v) is 10.3. The Kier molecular flexibility index (Phi) is 3.59. The first-order chi connectivity index (χ1) is 10.9. The van der Waals surface area contributed by atoms with Gasteiger partial charge in [0.2, 0.25) is 10.0 Å². The number of carbonyl (C=O) groups excluding carboxylic acids is 1. The van der Waals surface area contributed by atoms with E-state index >= 15 is 0 Å². The summed E-state index contributed by atoms with van der Waals surface area (Å²) in [5.74, 6) is 0.407. The van der Waals surface area contributed by atoms with Crippen LogP contribution in [0.4, 0.5) is 0 Å². The minimum absolute atomic E-state index is 0.0210. The van der Waals surface area contributed by atoms with Crippen LogP contribution in [0, 0.1) is 5.92 Å². The molecule has 2 saturated carbocycles. The van der Waals surface area contributed by atoms with Gasteiger partial charge < -0.3 is 4.90 Å². The molecule has 0 radical (unpaired) electrons. The molecule has 5 nitrogen and oxygen atoms in total. The van der Waals surface area contributed by atoms with Crippen molar-refractivity contribution in [1.82, 2.24) is 9.62 Å². The average Bonchev–Trinajstić information content (AvgIpc) is 3.37. The van der Waals surface area contributed by atoms with Gasteiger partial charge in [-0.15, -0.1) is 0 Å². The van der Waals surface area contributed by atoms with Crippen LogP contribution in [0.5, 0.6) is 0 Å². The van der Waals surface area contributed by atoms with Gasteiger partial charge in [0.25, 0.3) is 5.91 Å². The van der Waals surface area contributed by atoms with Gasteiger partial charge in [-0.05, 0) is 56.2 Å². The van der Waals surface area contributed by atoms with Crippen molar-refractivity contribution in [2.75, 3.05) is 0 Å².